The van der Waals surface area contributed by atoms with Crippen molar-refractivity contribution >= 4 is 11.9 Å². The zero-order valence-corrected chi connectivity index (χ0v) is 10.3. The lowest BCUT2D eigenvalue weighted by Gasteiger charge is -2.16. The van der Waals surface area contributed by atoms with Gasteiger partial charge < -0.3 is 21.3 Å². The molecule has 0 saturated carbocycles. The lowest BCUT2D eigenvalue weighted by molar-refractivity contribution is -0.143. The average molecular weight is 246 g/mol. The molecule has 0 rings (SSSR count). The summed E-state index contributed by atoms with van der Waals surface area (Å²) < 4.78 is 0. The second kappa shape index (κ2) is 8.03. The second-order valence-corrected chi connectivity index (χ2v) is 4.39. The second-order valence-electron chi connectivity index (χ2n) is 4.39. The standard InChI is InChI=1S/C11H22N2O4/c1-7(4-3-5-8(2)12)10(15)13-9(6-14)11(16)17/h7-9,14H,3-6,12H2,1-2H3,(H,13,15)(H,16,17)/t7?,8?,9-/m0/s1. The van der Waals surface area contributed by atoms with Gasteiger partial charge in [0.05, 0.1) is 6.61 Å². The maximum absolute atomic E-state index is 11.6. The van der Waals surface area contributed by atoms with Gasteiger partial charge >= 0.3 is 5.97 Å². The van der Waals surface area contributed by atoms with Crippen molar-refractivity contribution in [1.29, 1.82) is 0 Å². The van der Waals surface area contributed by atoms with Crippen LogP contribution in [0.4, 0.5) is 0 Å². The molecular weight excluding hydrogens is 224 g/mol. The molecule has 0 bridgehead atoms. The van der Waals surface area contributed by atoms with E-state index in [4.69, 9.17) is 15.9 Å². The molecule has 0 spiro atoms. The Hall–Kier alpha value is -1.14. The molecular formula is C11H22N2O4. The van der Waals surface area contributed by atoms with Gasteiger partial charge in [-0.25, -0.2) is 4.79 Å². The van der Waals surface area contributed by atoms with Gasteiger partial charge in [0.2, 0.25) is 5.91 Å². The molecule has 0 aliphatic carbocycles. The summed E-state index contributed by atoms with van der Waals surface area (Å²) in [5.74, 6) is -1.86. The van der Waals surface area contributed by atoms with Crippen molar-refractivity contribution in [3.63, 3.8) is 0 Å². The van der Waals surface area contributed by atoms with Gasteiger partial charge in [-0.1, -0.05) is 13.3 Å². The number of rotatable bonds is 8. The molecule has 3 atom stereocenters. The highest BCUT2D eigenvalue weighted by atomic mass is 16.4. The Morgan fingerprint density at radius 3 is 2.29 bits per heavy atom. The minimum atomic E-state index is -1.23. The van der Waals surface area contributed by atoms with Gasteiger partial charge in [0, 0.05) is 12.0 Å². The Morgan fingerprint density at radius 1 is 1.29 bits per heavy atom. The van der Waals surface area contributed by atoms with Crippen LogP contribution in [0.1, 0.15) is 33.1 Å². The van der Waals surface area contributed by atoms with Crippen LogP contribution in [0.5, 0.6) is 0 Å². The van der Waals surface area contributed by atoms with Gasteiger partial charge in [-0.15, -0.1) is 0 Å². The van der Waals surface area contributed by atoms with Gasteiger partial charge in [-0.05, 0) is 19.8 Å². The Balaban J connectivity index is 4.00. The quantitative estimate of drug-likeness (QED) is 0.470. The summed E-state index contributed by atoms with van der Waals surface area (Å²) in [7, 11) is 0. The smallest absolute Gasteiger partial charge is 0.328 e. The molecule has 6 heteroatoms. The van der Waals surface area contributed by atoms with E-state index in [0.29, 0.717) is 6.42 Å². The van der Waals surface area contributed by atoms with Crippen LogP contribution >= 0.6 is 0 Å². The molecule has 0 fully saturated rings. The molecule has 0 aromatic rings. The van der Waals surface area contributed by atoms with Crippen LogP contribution in [0.3, 0.4) is 0 Å². The first kappa shape index (κ1) is 15.9. The van der Waals surface area contributed by atoms with Crippen molar-refractivity contribution in [3.05, 3.63) is 0 Å². The Morgan fingerprint density at radius 2 is 1.88 bits per heavy atom. The summed E-state index contributed by atoms with van der Waals surface area (Å²) in [6.07, 6.45) is 2.31. The van der Waals surface area contributed by atoms with E-state index < -0.39 is 18.6 Å². The molecule has 2 unspecified atom stereocenters. The number of aliphatic carboxylic acids is 1. The minimum absolute atomic E-state index is 0.106. The average Bonchev–Trinajstić information content (AvgIpc) is 2.24. The van der Waals surface area contributed by atoms with E-state index in [1.165, 1.54) is 0 Å². The Bertz CT molecular complexity index is 256. The maximum Gasteiger partial charge on any atom is 0.328 e. The third kappa shape index (κ3) is 6.91. The van der Waals surface area contributed by atoms with Crippen molar-refractivity contribution in [2.45, 2.75) is 45.2 Å². The van der Waals surface area contributed by atoms with Crippen molar-refractivity contribution in [2.75, 3.05) is 6.61 Å². The number of carbonyl (C=O) groups excluding carboxylic acids is 1. The molecule has 0 aromatic carbocycles. The summed E-state index contributed by atoms with van der Waals surface area (Å²) in [5, 5.41) is 19.7. The zero-order chi connectivity index (χ0) is 13.4. The first-order valence-corrected chi connectivity index (χ1v) is 5.78. The first-order chi connectivity index (χ1) is 7.88. The SMILES string of the molecule is CC(N)CCCC(C)C(=O)N[C@@H](CO)C(=O)O. The van der Waals surface area contributed by atoms with Gasteiger partial charge in [-0.2, -0.15) is 0 Å². The lowest BCUT2D eigenvalue weighted by atomic mass is 10.0. The molecule has 0 radical (unpaired) electrons. The van der Waals surface area contributed by atoms with E-state index in [-0.39, 0.29) is 17.9 Å². The maximum atomic E-state index is 11.6. The van der Waals surface area contributed by atoms with Gasteiger partial charge in [0.15, 0.2) is 0 Å². The molecule has 1 amide bonds. The van der Waals surface area contributed by atoms with Crippen LogP contribution in [0.25, 0.3) is 0 Å². The normalized spacial score (nSPS) is 16.0. The van der Waals surface area contributed by atoms with Crippen LogP contribution in [0.2, 0.25) is 0 Å². The Labute approximate surface area is 101 Å². The summed E-state index contributed by atoms with van der Waals surface area (Å²) in [6.45, 7) is 3.03. The number of hydrogen-bond acceptors (Lipinski definition) is 4. The van der Waals surface area contributed by atoms with E-state index in [1.54, 1.807) is 6.92 Å². The third-order valence-corrected chi connectivity index (χ3v) is 2.54. The predicted molar refractivity (Wildman–Crippen MR) is 63.3 cm³/mol. The number of carboxylic acid groups (broad SMARTS) is 1. The highest BCUT2D eigenvalue weighted by molar-refractivity contribution is 5.84. The monoisotopic (exact) mass is 246 g/mol. The predicted octanol–water partition coefficient (Wildman–Crippen LogP) is -0.298. The summed E-state index contributed by atoms with van der Waals surface area (Å²) in [6, 6.07) is -1.12. The van der Waals surface area contributed by atoms with E-state index >= 15 is 0 Å². The number of amides is 1. The fourth-order valence-corrected chi connectivity index (χ4v) is 1.38. The molecule has 100 valence electrons. The molecule has 6 nitrogen and oxygen atoms in total. The fourth-order valence-electron chi connectivity index (χ4n) is 1.38. The van der Waals surface area contributed by atoms with Crippen LogP contribution < -0.4 is 11.1 Å². The number of aliphatic hydroxyl groups excluding tert-OH is 1. The topological polar surface area (TPSA) is 113 Å². The first-order valence-electron chi connectivity index (χ1n) is 5.78. The van der Waals surface area contributed by atoms with E-state index in [9.17, 15) is 9.59 Å². The summed E-state index contributed by atoms with van der Waals surface area (Å²) in [5.41, 5.74) is 5.59. The Kier molecular flexibility index (Phi) is 7.49. The van der Waals surface area contributed by atoms with Crippen molar-refractivity contribution in [3.8, 4) is 0 Å². The molecule has 0 aliphatic heterocycles. The zero-order valence-electron chi connectivity index (χ0n) is 10.3. The minimum Gasteiger partial charge on any atom is -0.480 e. The fraction of sp³-hybridized carbons (Fsp3) is 0.818. The van der Waals surface area contributed by atoms with E-state index in [1.807, 2.05) is 6.92 Å². The van der Waals surface area contributed by atoms with Gasteiger partial charge in [-0.3, -0.25) is 4.79 Å². The van der Waals surface area contributed by atoms with Crippen LogP contribution in [-0.2, 0) is 9.59 Å². The number of nitrogens with two attached hydrogens (primary N) is 1. The third-order valence-electron chi connectivity index (χ3n) is 2.54. The molecule has 0 aliphatic rings. The van der Waals surface area contributed by atoms with Crippen LogP contribution in [0.15, 0.2) is 0 Å². The number of nitrogens with one attached hydrogen (secondary N) is 1. The molecule has 0 aromatic heterocycles. The number of carboxylic acids is 1. The number of carbonyl (C=O) groups is 2. The van der Waals surface area contributed by atoms with E-state index in [0.717, 1.165) is 12.8 Å². The number of hydrogen-bond donors (Lipinski definition) is 4. The summed E-state index contributed by atoms with van der Waals surface area (Å²) >= 11 is 0. The lowest BCUT2D eigenvalue weighted by Crippen LogP contribution is -2.45. The van der Waals surface area contributed by atoms with Crippen LogP contribution in [0, 0.1) is 5.92 Å². The van der Waals surface area contributed by atoms with Gasteiger partial charge in [0.25, 0.3) is 0 Å². The number of aliphatic hydroxyl groups is 1. The van der Waals surface area contributed by atoms with Crippen molar-refractivity contribution < 1.29 is 19.8 Å². The largest absolute Gasteiger partial charge is 0.480 e. The van der Waals surface area contributed by atoms with Crippen molar-refractivity contribution in [1.82, 2.24) is 5.32 Å². The molecule has 0 saturated heterocycles. The van der Waals surface area contributed by atoms with Crippen molar-refractivity contribution in [2.24, 2.45) is 11.7 Å². The molecule has 5 N–H and O–H groups in total. The molecule has 0 heterocycles. The highest BCUT2D eigenvalue weighted by Crippen LogP contribution is 2.09. The summed E-state index contributed by atoms with van der Waals surface area (Å²) in [4.78, 5) is 22.2. The van der Waals surface area contributed by atoms with Gasteiger partial charge in [0.1, 0.15) is 6.04 Å². The van der Waals surface area contributed by atoms with E-state index in [2.05, 4.69) is 5.32 Å². The molecule has 17 heavy (non-hydrogen) atoms. The highest BCUT2D eigenvalue weighted by Gasteiger charge is 2.21. The van der Waals surface area contributed by atoms with Crippen LogP contribution in [-0.4, -0.2) is 40.8 Å².